The van der Waals surface area contributed by atoms with Gasteiger partial charge >= 0.3 is 11.9 Å². The van der Waals surface area contributed by atoms with E-state index in [0.717, 1.165) is 25.7 Å². The van der Waals surface area contributed by atoms with Gasteiger partial charge in [-0.25, -0.2) is 4.79 Å². The Hall–Kier alpha value is -1.84. The van der Waals surface area contributed by atoms with Gasteiger partial charge in [0, 0.05) is 12.0 Å². The second-order valence-electron chi connectivity index (χ2n) is 12.4. The van der Waals surface area contributed by atoms with Crippen LogP contribution >= 0.6 is 0 Å². The second kappa shape index (κ2) is 9.66. The Bertz CT molecular complexity index is 897. The molecule has 4 heteroatoms. The molecule has 7 atom stereocenters. The molecule has 2 fully saturated rings. The highest BCUT2D eigenvalue weighted by molar-refractivity contribution is 5.85. The molecule has 0 aromatic rings. The first kappa shape index (κ1) is 26.8. The summed E-state index contributed by atoms with van der Waals surface area (Å²) in [5.41, 5.74) is 3.54. The van der Waals surface area contributed by atoms with Gasteiger partial charge in [-0.2, -0.15) is 0 Å². The first-order valence-electron chi connectivity index (χ1n) is 13.3. The molecule has 0 saturated heterocycles. The molecule has 190 valence electrons. The summed E-state index contributed by atoms with van der Waals surface area (Å²) in [6.45, 7) is 17.8. The lowest BCUT2D eigenvalue weighted by molar-refractivity contribution is -0.138. The van der Waals surface area contributed by atoms with Gasteiger partial charge in [-0.1, -0.05) is 57.6 Å². The number of rotatable bonds is 9. The molecule has 3 aliphatic carbocycles. The smallest absolute Gasteiger partial charge is 0.330 e. The molecule has 0 radical (unpaired) electrons. The number of fused-ring (bicyclic) bond motifs is 3. The first-order chi connectivity index (χ1) is 15.8. The van der Waals surface area contributed by atoms with E-state index in [-0.39, 0.29) is 22.7 Å². The molecule has 0 aromatic heterocycles. The van der Waals surface area contributed by atoms with E-state index in [2.05, 4.69) is 47.3 Å². The maximum Gasteiger partial charge on any atom is 0.330 e. The molecular weight excluding hydrogens is 424 g/mol. The van der Waals surface area contributed by atoms with E-state index in [9.17, 15) is 14.7 Å². The minimum Gasteiger partial charge on any atom is -0.481 e. The van der Waals surface area contributed by atoms with Crippen molar-refractivity contribution in [1.82, 2.24) is 0 Å². The van der Waals surface area contributed by atoms with Gasteiger partial charge in [-0.15, -0.1) is 0 Å². The van der Waals surface area contributed by atoms with E-state index in [4.69, 9.17) is 5.11 Å². The zero-order chi connectivity index (χ0) is 25.5. The molecular formula is C30H46O4. The van der Waals surface area contributed by atoms with Crippen molar-refractivity contribution < 1.29 is 19.8 Å². The SMILES string of the molecule is C=C(C)C1CC=C2C(CC[C@@]3(C)[C@H]([C@@H](C)CC/C=C(/C)C(=O)O)CC[C@]23C)[C@@]1(C)CCC(=O)O. The van der Waals surface area contributed by atoms with Crippen LogP contribution in [0, 0.1) is 39.9 Å². The van der Waals surface area contributed by atoms with Crippen molar-refractivity contribution in [2.45, 2.75) is 99.3 Å². The Balaban J connectivity index is 1.87. The molecule has 2 saturated carbocycles. The number of carboxylic acids is 2. The molecule has 0 amide bonds. The number of aliphatic carboxylic acids is 2. The van der Waals surface area contributed by atoms with Crippen LogP contribution in [0.15, 0.2) is 35.5 Å². The quantitative estimate of drug-likeness (QED) is 0.268. The molecule has 3 rings (SSSR count). The van der Waals surface area contributed by atoms with Crippen LogP contribution in [-0.4, -0.2) is 22.2 Å². The van der Waals surface area contributed by atoms with Crippen molar-refractivity contribution in [2.24, 2.45) is 39.9 Å². The van der Waals surface area contributed by atoms with Crippen LogP contribution in [0.3, 0.4) is 0 Å². The largest absolute Gasteiger partial charge is 0.481 e. The molecule has 2 N–H and O–H groups in total. The summed E-state index contributed by atoms with van der Waals surface area (Å²) >= 11 is 0. The van der Waals surface area contributed by atoms with Gasteiger partial charge in [-0.3, -0.25) is 4.79 Å². The summed E-state index contributed by atoms with van der Waals surface area (Å²) in [5, 5.41) is 18.6. The molecule has 0 spiro atoms. The van der Waals surface area contributed by atoms with Crippen LogP contribution in [0.1, 0.15) is 99.3 Å². The van der Waals surface area contributed by atoms with Crippen LogP contribution in [0.5, 0.6) is 0 Å². The fraction of sp³-hybridized carbons (Fsp3) is 0.733. The summed E-state index contributed by atoms with van der Waals surface area (Å²) in [6.07, 6.45) is 12.9. The number of carboxylic acid groups (broad SMARTS) is 2. The zero-order valence-corrected chi connectivity index (χ0v) is 22.2. The van der Waals surface area contributed by atoms with Crippen molar-refractivity contribution in [3.63, 3.8) is 0 Å². The van der Waals surface area contributed by atoms with Crippen LogP contribution in [-0.2, 0) is 9.59 Å². The highest BCUT2D eigenvalue weighted by Gasteiger charge is 2.63. The molecule has 3 aliphatic rings. The second-order valence-corrected chi connectivity index (χ2v) is 12.4. The van der Waals surface area contributed by atoms with Gasteiger partial charge in [0.25, 0.3) is 0 Å². The monoisotopic (exact) mass is 470 g/mol. The van der Waals surface area contributed by atoms with Gasteiger partial charge in [0.05, 0.1) is 0 Å². The summed E-state index contributed by atoms with van der Waals surface area (Å²) in [6, 6.07) is 0. The standard InChI is InChI=1S/C30H46O4/c1-19(2)22-11-12-25-24(28(22,5)16-15-26(31)32)14-18-29(6)23(13-17-30(25,29)7)20(3)9-8-10-21(4)27(33)34/h10,12,20,22-24H,1,8-9,11,13-18H2,2-7H3,(H,31,32)(H,33,34)/b21-10-/t20-,22?,23-,24?,28-,29-,30+/m0/s1. The summed E-state index contributed by atoms with van der Waals surface area (Å²) in [5.74, 6) is 0.416. The van der Waals surface area contributed by atoms with E-state index >= 15 is 0 Å². The molecule has 34 heavy (non-hydrogen) atoms. The zero-order valence-electron chi connectivity index (χ0n) is 22.2. The van der Waals surface area contributed by atoms with Crippen molar-refractivity contribution >= 4 is 11.9 Å². The lowest BCUT2D eigenvalue weighted by atomic mass is 9.44. The molecule has 0 bridgehead atoms. The average Bonchev–Trinajstić information content (AvgIpc) is 3.03. The minimum atomic E-state index is -0.824. The maximum atomic E-state index is 11.5. The van der Waals surface area contributed by atoms with Gasteiger partial charge in [0.1, 0.15) is 0 Å². The molecule has 0 aliphatic heterocycles. The predicted molar refractivity (Wildman–Crippen MR) is 137 cm³/mol. The summed E-state index contributed by atoms with van der Waals surface area (Å²) in [4.78, 5) is 22.7. The van der Waals surface area contributed by atoms with Crippen LogP contribution in [0.2, 0.25) is 0 Å². The van der Waals surface area contributed by atoms with Gasteiger partial charge in [-0.05, 0) is 105 Å². The highest BCUT2D eigenvalue weighted by Crippen LogP contribution is 2.71. The van der Waals surface area contributed by atoms with Crippen molar-refractivity contribution in [1.29, 1.82) is 0 Å². The third-order valence-electron chi connectivity index (χ3n) is 10.7. The van der Waals surface area contributed by atoms with Crippen LogP contribution in [0.25, 0.3) is 0 Å². The number of hydrogen-bond acceptors (Lipinski definition) is 2. The fourth-order valence-electron chi connectivity index (χ4n) is 8.44. The lowest BCUT2D eigenvalue weighted by Crippen LogP contribution is -2.52. The van der Waals surface area contributed by atoms with Gasteiger partial charge < -0.3 is 10.2 Å². The Morgan fingerprint density at radius 3 is 2.44 bits per heavy atom. The topological polar surface area (TPSA) is 74.6 Å². The average molecular weight is 471 g/mol. The Kier molecular flexibility index (Phi) is 7.60. The van der Waals surface area contributed by atoms with E-state index in [0.29, 0.717) is 35.7 Å². The van der Waals surface area contributed by atoms with E-state index < -0.39 is 11.9 Å². The first-order valence-corrected chi connectivity index (χ1v) is 13.3. The maximum absolute atomic E-state index is 11.5. The van der Waals surface area contributed by atoms with Crippen molar-refractivity contribution in [2.75, 3.05) is 0 Å². The third kappa shape index (κ3) is 4.42. The molecule has 0 aromatic carbocycles. The normalized spacial score (nSPS) is 38.5. The third-order valence-corrected chi connectivity index (χ3v) is 10.7. The Morgan fingerprint density at radius 2 is 1.85 bits per heavy atom. The van der Waals surface area contributed by atoms with E-state index in [1.165, 1.54) is 24.8 Å². The predicted octanol–water partition coefficient (Wildman–Crippen LogP) is 7.66. The number of allylic oxidation sites excluding steroid dienone is 4. The number of carbonyl (C=O) groups is 2. The Labute approximate surface area is 206 Å². The van der Waals surface area contributed by atoms with Crippen molar-refractivity contribution in [3.8, 4) is 0 Å². The fourth-order valence-corrected chi connectivity index (χ4v) is 8.44. The van der Waals surface area contributed by atoms with E-state index in [1.54, 1.807) is 12.5 Å². The van der Waals surface area contributed by atoms with Crippen LogP contribution in [0.4, 0.5) is 0 Å². The van der Waals surface area contributed by atoms with Gasteiger partial charge in [0.2, 0.25) is 0 Å². The van der Waals surface area contributed by atoms with E-state index in [1.807, 2.05) is 6.08 Å². The lowest BCUT2D eigenvalue weighted by Gasteiger charge is -2.60. The van der Waals surface area contributed by atoms with Gasteiger partial charge in [0.15, 0.2) is 0 Å². The van der Waals surface area contributed by atoms with Crippen molar-refractivity contribution in [3.05, 3.63) is 35.5 Å². The minimum absolute atomic E-state index is 0.0541. The van der Waals surface area contributed by atoms with Crippen LogP contribution < -0.4 is 0 Å². The summed E-state index contributed by atoms with van der Waals surface area (Å²) < 4.78 is 0. The highest BCUT2D eigenvalue weighted by atomic mass is 16.4. The number of hydrogen-bond donors (Lipinski definition) is 2. The molecule has 0 heterocycles. The Morgan fingerprint density at radius 1 is 1.18 bits per heavy atom. The molecule has 4 nitrogen and oxygen atoms in total. The summed E-state index contributed by atoms with van der Waals surface area (Å²) in [7, 11) is 0. The molecule has 2 unspecified atom stereocenters.